The number of benzene rings is 3. The molecule has 2 heterocycles. The third-order valence-electron chi connectivity index (χ3n) is 5.63. The summed E-state index contributed by atoms with van der Waals surface area (Å²) in [4.78, 5) is 28.9. The molecule has 1 atom stereocenters. The van der Waals surface area contributed by atoms with E-state index < -0.39 is 11.7 Å². The molecule has 35 heavy (non-hydrogen) atoms. The van der Waals surface area contributed by atoms with E-state index in [1.807, 2.05) is 48.7 Å². The fraction of sp³-hybridized carbons (Fsp3) is 0.107. The summed E-state index contributed by atoms with van der Waals surface area (Å²) in [5, 5.41) is 6.04. The number of nitrogens with zero attached hydrogens (tertiary/aromatic N) is 1. The van der Waals surface area contributed by atoms with Gasteiger partial charge < -0.3 is 9.15 Å². The normalized spacial score (nSPS) is 11.8. The highest BCUT2D eigenvalue weighted by Gasteiger charge is 2.17. The molecule has 0 aliphatic heterocycles. The van der Waals surface area contributed by atoms with E-state index in [9.17, 15) is 9.59 Å². The van der Waals surface area contributed by atoms with Crippen molar-refractivity contribution in [2.75, 3.05) is 5.32 Å². The predicted molar refractivity (Wildman–Crippen MR) is 139 cm³/mol. The van der Waals surface area contributed by atoms with Gasteiger partial charge in [-0.25, -0.2) is 9.78 Å². The molecule has 0 saturated carbocycles. The van der Waals surface area contributed by atoms with Crippen LogP contribution in [-0.2, 0) is 4.79 Å². The molecule has 0 radical (unpaired) electrons. The van der Waals surface area contributed by atoms with Gasteiger partial charge in [0.15, 0.2) is 11.2 Å². The van der Waals surface area contributed by atoms with E-state index in [0.717, 1.165) is 33.3 Å². The first kappa shape index (κ1) is 22.6. The first-order chi connectivity index (χ1) is 17.0. The van der Waals surface area contributed by atoms with E-state index in [1.54, 1.807) is 19.1 Å². The monoisotopic (exact) mass is 482 g/mol. The van der Waals surface area contributed by atoms with Crippen LogP contribution in [-0.4, -0.2) is 17.0 Å². The lowest BCUT2D eigenvalue weighted by Gasteiger charge is -2.14. The van der Waals surface area contributed by atoms with Crippen molar-refractivity contribution in [3.8, 4) is 28.1 Å². The molecule has 1 amide bonds. The Hall–Kier alpha value is -4.23. The minimum atomic E-state index is -0.776. The summed E-state index contributed by atoms with van der Waals surface area (Å²) in [7, 11) is 0. The number of hydrogen-bond acceptors (Lipinski definition) is 6. The van der Waals surface area contributed by atoms with Gasteiger partial charge in [0.2, 0.25) is 0 Å². The van der Waals surface area contributed by atoms with Crippen molar-refractivity contribution < 1.29 is 13.9 Å². The molecule has 0 spiro atoms. The second kappa shape index (κ2) is 9.56. The molecule has 5 aromatic rings. The minimum absolute atomic E-state index is 0.323. The summed E-state index contributed by atoms with van der Waals surface area (Å²) in [5.74, 6) is 0.114. The molecule has 0 aliphatic rings. The van der Waals surface area contributed by atoms with E-state index in [-0.39, 0.29) is 5.91 Å². The Balaban J connectivity index is 1.25. The van der Waals surface area contributed by atoms with Crippen LogP contribution in [0.2, 0.25) is 0 Å². The zero-order valence-corrected chi connectivity index (χ0v) is 20.0. The molecule has 2 aromatic heterocycles. The zero-order chi connectivity index (χ0) is 24.4. The van der Waals surface area contributed by atoms with Crippen molar-refractivity contribution in [1.82, 2.24) is 4.98 Å². The van der Waals surface area contributed by atoms with Crippen LogP contribution >= 0.6 is 11.3 Å². The number of rotatable bonds is 6. The van der Waals surface area contributed by atoms with Crippen molar-refractivity contribution in [2.24, 2.45) is 0 Å². The number of ether oxygens (including phenoxy) is 1. The summed E-state index contributed by atoms with van der Waals surface area (Å²) in [6.07, 6.45) is -0.776. The molecule has 174 valence electrons. The number of thiazole rings is 1. The quantitative estimate of drug-likeness (QED) is 0.287. The molecular weight excluding hydrogens is 460 g/mol. The van der Waals surface area contributed by atoms with E-state index in [1.165, 1.54) is 17.4 Å². The summed E-state index contributed by atoms with van der Waals surface area (Å²) in [6.45, 7) is 3.50. The van der Waals surface area contributed by atoms with Crippen LogP contribution in [0.25, 0.3) is 33.4 Å². The number of nitrogens with one attached hydrogen (secondary N) is 1. The number of fused-ring (bicyclic) bond motifs is 1. The zero-order valence-electron chi connectivity index (χ0n) is 19.1. The number of carbonyl (C=O) groups is 1. The average molecular weight is 483 g/mol. The minimum Gasteiger partial charge on any atom is -0.481 e. The van der Waals surface area contributed by atoms with Crippen molar-refractivity contribution >= 4 is 33.3 Å². The fourth-order valence-electron chi connectivity index (χ4n) is 3.77. The SMILES string of the molecule is Cc1cc(=O)oc2cc(OC(C)C(=O)Nc3nc(-c4ccc(-c5ccccc5)cc4)cs3)ccc12. The molecule has 7 heteroatoms. The molecular formula is C28H22N2O4S. The molecule has 3 aromatic carbocycles. The maximum atomic E-state index is 12.7. The van der Waals surface area contributed by atoms with Gasteiger partial charge >= 0.3 is 5.63 Å². The molecule has 0 bridgehead atoms. The summed E-state index contributed by atoms with van der Waals surface area (Å²) < 4.78 is 11.0. The molecule has 1 N–H and O–H groups in total. The molecule has 1 unspecified atom stereocenters. The molecule has 6 nitrogen and oxygen atoms in total. The summed E-state index contributed by atoms with van der Waals surface area (Å²) >= 11 is 1.35. The van der Waals surface area contributed by atoms with Crippen LogP contribution in [0.4, 0.5) is 5.13 Å². The van der Waals surface area contributed by atoms with Crippen molar-refractivity contribution in [1.29, 1.82) is 0 Å². The number of aryl methyl sites for hydroxylation is 1. The largest absolute Gasteiger partial charge is 0.481 e. The number of anilines is 1. The van der Waals surface area contributed by atoms with Crippen LogP contribution < -0.4 is 15.7 Å². The Morgan fingerprint density at radius 1 is 0.971 bits per heavy atom. The number of aromatic nitrogens is 1. The van der Waals surface area contributed by atoms with Gasteiger partial charge in [-0.1, -0.05) is 54.6 Å². The number of amides is 1. The van der Waals surface area contributed by atoms with Gasteiger partial charge in [-0.05, 0) is 42.7 Å². The second-order valence-corrected chi connectivity index (χ2v) is 9.00. The van der Waals surface area contributed by atoms with E-state index in [0.29, 0.717) is 16.5 Å². The molecule has 0 aliphatic carbocycles. The summed E-state index contributed by atoms with van der Waals surface area (Å²) in [5.41, 5.74) is 4.87. The lowest BCUT2D eigenvalue weighted by atomic mass is 10.0. The van der Waals surface area contributed by atoms with Crippen LogP contribution in [0.3, 0.4) is 0 Å². The number of hydrogen-bond donors (Lipinski definition) is 1. The molecule has 5 rings (SSSR count). The Bertz CT molecular complexity index is 1560. The highest BCUT2D eigenvalue weighted by atomic mass is 32.1. The highest BCUT2D eigenvalue weighted by molar-refractivity contribution is 7.14. The van der Waals surface area contributed by atoms with E-state index in [4.69, 9.17) is 9.15 Å². The third kappa shape index (κ3) is 5.00. The van der Waals surface area contributed by atoms with Gasteiger partial charge in [-0.2, -0.15) is 0 Å². The second-order valence-electron chi connectivity index (χ2n) is 8.14. The van der Waals surface area contributed by atoms with Crippen molar-refractivity contribution in [3.63, 3.8) is 0 Å². The fourth-order valence-corrected chi connectivity index (χ4v) is 4.49. The van der Waals surface area contributed by atoms with Crippen LogP contribution in [0.1, 0.15) is 12.5 Å². The standard InChI is InChI=1S/C28H22N2O4S/c1-17-14-26(31)34-25-15-22(12-13-23(17)25)33-18(2)27(32)30-28-29-24(16-35-28)21-10-8-20(9-11-21)19-6-4-3-5-7-19/h3-16,18H,1-2H3,(H,29,30,32). The van der Waals surface area contributed by atoms with Crippen LogP contribution in [0.5, 0.6) is 5.75 Å². The maximum Gasteiger partial charge on any atom is 0.336 e. The highest BCUT2D eigenvalue weighted by Crippen LogP contribution is 2.28. The molecule has 0 fully saturated rings. The lowest BCUT2D eigenvalue weighted by Crippen LogP contribution is -2.30. The smallest absolute Gasteiger partial charge is 0.336 e. The van der Waals surface area contributed by atoms with Crippen molar-refractivity contribution in [3.05, 3.63) is 100 Å². The van der Waals surface area contributed by atoms with Crippen LogP contribution in [0.15, 0.2) is 93.5 Å². The van der Waals surface area contributed by atoms with Crippen molar-refractivity contribution in [2.45, 2.75) is 20.0 Å². The Morgan fingerprint density at radius 2 is 1.69 bits per heavy atom. The van der Waals surface area contributed by atoms with E-state index in [2.05, 4.69) is 34.6 Å². The van der Waals surface area contributed by atoms with Gasteiger partial charge in [0.05, 0.1) is 5.69 Å². The average Bonchev–Trinajstić information content (AvgIpc) is 3.33. The van der Waals surface area contributed by atoms with Gasteiger partial charge in [0.1, 0.15) is 11.3 Å². The number of carbonyl (C=O) groups excluding carboxylic acids is 1. The van der Waals surface area contributed by atoms with Gasteiger partial charge in [-0.3, -0.25) is 10.1 Å². The topological polar surface area (TPSA) is 81.4 Å². The first-order valence-corrected chi connectivity index (χ1v) is 12.0. The predicted octanol–water partition coefficient (Wildman–Crippen LogP) is 6.30. The lowest BCUT2D eigenvalue weighted by molar-refractivity contribution is -0.122. The first-order valence-electron chi connectivity index (χ1n) is 11.1. The van der Waals surface area contributed by atoms with E-state index >= 15 is 0 Å². The van der Waals surface area contributed by atoms with Crippen LogP contribution in [0, 0.1) is 6.92 Å². The Morgan fingerprint density at radius 3 is 2.46 bits per heavy atom. The Kier molecular flexibility index (Phi) is 6.16. The van der Waals surface area contributed by atoms with Gasteiger partial charge in [0.25, 0.3) is 5.91 Å². The Labute approximate surface area is 205 Å². The summed E-state index contributed by atoms with van der Waals surface area (Å²) in [6, 6.07) is 25.0. The van der Waals surface area contributed by atoms with Gasteiger partial charge in [0, 0.05) is 28.5 Å². The molecule has 0 saturated heterocycles. The third-order valence-corrected chi connectivity index (χ3v) is 6.38. The van der Waals surface area contributed by atoms with Gasteiger partial charge in [-0.15, -0.1) is 11.3 Å². The maximum absolute atomic E-state index is 12.7.